The van der Waals surface area contributed by atoms with Crippen molar-refractivity contribution in [2.75, 3.05) is 0 Å². The van der Waals surface area contributed by atoms with Crippen LogP contribution in [0.15, 0.2) is 12.4 Å². The number of hydrogen-bond donors (Lipinski definition) is 0. The SMILES string of the molecule is CCCCn1cc[n+](C)c1CS(=O)(=O)[O-]. The monoisotopic (exact) mass is 232 g/mol. The number of hydrogen-bond acceptors (Lipinski definition) is 3. The van der Waals surface area contributed by atoms with E-state index >= 15 is 0 Å². The van der Waals surface area contributed by atoms with Crippen LogP contribution in [0.1, 0.15) is 25.6 Å². The highest BCUT2D eigenvalue weighted by Crippen LogP contribution is 2.03. The van der Waals surface area contributed by atoms with Crippen LogP contribution in [0.2, 0.25) is 0 Å². The fraction of sp³-hybridized carbons (Fsp3) is 0.667. The lowest BCUT2D eigenvalue weighted by Crippen LogP contribution is -2.33. The molecule has 86 valence electrons. The first kappa shape index (κ1) is 12.2. The fourth-order valence-corrected chi connectivity index (χ4v) is 2.12. The van der Waals surface area contributed by atoms with Crippen LogP contribution in [0.25, 0.3) is 0 Å². The number of aromatic nitrogens is 2. The molecule has 0 aliphatic heterocycles. The molecular formula is C9H16N2O3S. The van der Waals surface area contributed by atoms with Crippen molar-refractivity contribution < 1.29 is 17.5 Å². The van der Waals surface area contributed by atoms with E-state index in [2.05, 4.69) is 6.92 Å². The van der Waals surface area contributed by atoms with E-state index in [0.29, 0.717) is 5.82 Å². The summed E-state index contributed by atoms with van der Waals surface area (Å²) < 4.78 is 35.6. The number of rotatable bonds is 5. The zero-order valence-corrected chi connectivity index (χ0v) is 9.83. The van der Waals surface area contributed by atoms with Gasteiger partial charge in [0.2, 0.25) is 0 Å². The van der Waals surface area contributed by atoms with Gasteiger partial charge < -0.3 is 4.55 Å². The van der Waals surface area contributed by atoms with E-state index in [9.17, 15) is 13.0 Å². The van der Waals surface area contributed by atoms with Crippen LogP contribution in [0.3, 0.4) is 0 Å². The van der Waals surface area contributed by atoms with Crippen molar-refractivity contribution in [2.45, 2.75) is 32.1 Å². The Balaban J connectivity index is 2.89. The molecule has 6 heteroatoms. The molecule has 0 spiro atoms. The minimum atomic E-state index is -4.21. The minimum Gasteiger partial charge on any atom is -0.747 e. The quantitative estimate of drug-likeness (QED) is 0.536. The zero-order chi connectivity index (χ0) is 11.5. The third-order valence-electron chi connectivity index (χ3n) is 2.27. The van der Waals surface area contributed by atoms with E-state index < -0.39 is 15.9 Å². The van der Waals surface area contributed by atoms with Gasteiger partial charge in [0.1, 0.15) is 28.3 Å². The molecule has 0 saturated carbocycles. The van der Waals surface area contributed by atoms with E-state index in [0.717, 1.165) is 19.4 Å². The third kappa shape index (κ3) is 3.64. The second-order valence-electron chi connectivity index (χ2n) is 3.57. The first-order chi connectivity index (χ1) is 6.94. The predicted molar refractivity (Wildman–Crippen MR) is 53.9 cm³/mol. The first-order valence-electron chi connectivity index (χ1n) is 4.91. The molecule has 0 amide bonds. The number of aryl methyl sites for hydroxylation is 2. The van der Waals surface area contributed by atoms with Crippen molar-refractivity contribution >= 4 is 10.1 Å². The lowest BCUT2D eigenvalue weighted by molar-refractivity contribution is -0.677. The van der Waals surface area contributed by atoms with Gasteiger partial charge in [-0.1, -0.05) is 13.3 Å². The Morgan fingerprint density at radius 2 is 2.20 bits per heavy atom. The normalized spacial score (nSPS) is 11.9. The van der Waals surface area contributed by atoms with E-state index in [1.165, 1.54) is 0 Å². The highest BCUT2D eigenvalue weighted by Gasteiger charge is 2.16. The largest absolute Gasteiger partial charge is 0.747 e. The van der Waals surface area contributed by atoms with Crippen molar-refractivity contribution in [3.8, 4) is 0 Å². The summed E-state index contributed by atoms with van der Waals surface area (Å²) in [5.41, 5.74) is 0. The summed E-state index contributed by atoms with van der Waals surface area (Å²) in [7, 11) is -2.47. The minimum absolute atomic E-state index is 0.444. The van der Waals surface area contributed by atoms with Gasteiger partial charge in [0.25, 0.3) is 5.82 Å². The van der Waals surface area contributed by atoms with Gasteiger partial charge in [-0.3, -0.25) is 0 Å². The molecule has 1 aromatic heterocycles. The molecule has 0 aliphatic rings. The lowest BCUT2D eigenvalue weighted by Gasteiger charge is -2.05. The Hall–Kier alpha value is -0.880. The molecule has 1 heterocycles. The van der Waals surface area contributed by atoms with Crippen molar-refractivity contribution in [2.24, 2.45) is 7.05 Å². The summed E-state index contributed by atoms with van der Waals surface area (Å²) in [4.78, 5) is 0. The van der Waals surface area contributed by atoms with Crippen molar-refractivity contribution in [3.63, 3.8) is 0 Å². The second-order valence-corrected chi connectivity index (χ2v) is 4.98. The topological polar surface area (TPSA) is 66.0 Å². The van der Waals surface area contributed by atoms with Gasteiger partial charge in [0.05, 0.1) is 13.6 Å². The van der Waals surface area contributed by atoms with Crippen molar-refractivity contribution in [3.05, 3.63) is 18.2 Å². The Bertz CT molecular complexity index is 423. The molecule has 15 heavy (non-hydrogen) atoms. The lowest BCUT2D eigenvalue weighted by atomic mass is 10.3. The smallest absolute Gasteiger partial charge is 0.270 e. The highest BCUT2D eigenvalue weighted by atomic mass is 32.2. The molecule has 0 atom stereocenters. The number of nitrogens with zero attached hydrogens (tertiary/aromatic N) is 2. The molecule has 0 fully saturated rings. The molecule has 0 unspecified atom stereocenters. The van der Waals surface area contributed by atoms with Crippen LogP contribution in [0.4, 0.5) is 0 Å². The Morgan fingerprint density at radius 3 is 2.73 bits per heavy atom. The van der Waals surface area contributed by atoms with Gasteiger partial charge in [-0.15, -0.1) is 0 Å². The van der Waals surface area contributed by atoms with Crippen LogP contribution in [0.5, 0.6) is 0 Å². The van der Waals surface area contributed by atoms with Gasteiger partial charge >= 0.3 is 0 Å². The zero-order valence-electron chi connectivity index (χ0n) is 9.01. The summed E-state index contributed by atoms with van der Waals surface area (Å²) in [6.07, 6.45) is 5.57. The van der Waals surface area contributed by atoms with Crippen LogP contribution >= 0.6 is 0 Å². The van der Waals surface area contributed by atoms with E-state index in [1.807, 2.05) is 4.57 Å². The van der Waals surface area contributed by atoms with Crippen LogP contribution in [-0.4, -0.2) is 17.5 Å². The Kier molecular flexibility index (Phi) is 3.87. The molecule has 0 saturated heterocycles. The van der Waals surface area contributed by atoms with E-state index in [-0.39, 0.29) is 0 Å². The molecule has 5 nitrogen and oxygen atoms in total. The second kappa shape index (κ2) is 4.76. The Morgan fingerprint density at radius 1 is 1.53 bits per heavy atom. The van der Waals surface area contributed by atoms with Crippen LogP contribution in [-0.2, 0) is 29.5 Å². The van der Waals surface area contributed by atoms with Gasteiger partial charge in [-0.25, -0.2) is 17.6 Å². The highest BCUT2D eigenvalue weighted by molar-refractivity contribution is 7.84. The third-order valence-corrected chi connectivity index (χ3v) is 2.88. The van der Waals surface area contributed by atoms with Crippen molar-refractivity contribution in [1.29, 1.82) is 0 Å². The predicted octanol–water partition coefficient (Wildman–Crippen LogP) is 0.158. The maximum Gasteiger partial charge on any atom is 0.270 e. The molecule has 1 aromatic rings. The molecule has 0 N–H and O–H groups in total. The Labute approximate surface area is 90.1 Å². The van der Waals surface area contributed by atoms with Crippen LogP contribution < -0.4 is 4.57 Å². The average Bonchev–Trinajstić information content (AvgIpc) is 2.43. The first-order valence-corrected chi connectivity index (χ1v) is 6.49. The molecule has 0 aromatic carbocycles. The molecule has 0 radical (unpaired) electrons. The van der Waals surface area contributed by atoms with Gasteiger partial charge in [0.15, 0.2) is 0 Å². The van der Waals surface area contributed by atoms with Gasteiger partial charge in [0, 0.05) is 0 Å². The van der Waals surface area contributed by atoms with Gasteiger partial charge in [-0.2, -0.15) is 0 Å². The van der Waals surface area contributed by atoms with E-state index in [1.54, 1.807) is 24.0 Å². The maximum atomic E-state index is 10.7. The molecule has 0 aliphatic carbocycles. The summed E-state index contributed by atoms with van der Waals surface area (Å²) in [6, 6.07) is 0. The van der Waals surface area contributed by atoms with Crippen LogP contribution in [0, 0.1) is 0 Å². The number of imidazole rings is 1. The molecular weight excluding hydrogens is 216 g/mol. The summed E-state index contributed by atoms with van der Waals surface area (Å²) in [6.45, 7) is 2.82. The van der Waals surface area contributed by atoms with E-state index in [4.69, 9.17) is 0 Å². The standard InChI is InChI=1S/C9H16N2O3S/c1-3-4-5-11-7-6-10(2)9(11)8-15(12,13)14/h6-7H,3-5,8H2,1-2H3. The number of unbranched alkanes of at least 4 members (excludes halogenated alkanes) is 1. The summed E-state index contributed by atoms with van der Waals surface area (Å²) in [5.74, 6) is 0.0960. The fourth-order valence-electron chi connectivity index (χ4n) is 1.43. The van der Waals surface area contributed by atoms with Crippen molar-refractivity contribution in [1.82, 2.24) is 4.57 Å². The molecule has 0 bridgehead atoms. The summed E-state index contributed by atoms with van der Waals surface area (Å²) >= 11 is 0. The maximum absolute atomic E-state index is 10.7. The van der Waals surface area contributed by atoms with Gasteiger partial charge in [-0.05, 0) is 6.42 Å². The summed E-state index contributed by atoms with van der Waals surface area (Å²) in [5, 5.41) is 0. The molecule has 1 rings (SSSR count). The average molecular weight is 232 g/mol.